The minimum absolute atomic E-state index is 0.153. The summed E-state index contributed by atoms with van der Waals surface area (Å²) in [7, 11) is 0. The van der Waals surface area contributed by atoms with Gasteiger partial charge in [0, 0.05) is 12.8 Å². The molecular weight excluding hydrogens is 616 g/mol. The van der Waals surface area contributed by atoms with Crippen molar-refractivity contribution in [2.75, 3.05) is 13.2 Å². The van der Waals surface area contributed by atoms with Crippen molar-refractivity contribution >= 4 is 11.9 Å². The topological polar surface area (TPSA) is 113 Å². The van der Waals surface area contributed by atoms with Crippen molar-refractivity contribution < 1.29 is 34.4 Å². The molecule has 0 aliphatic heterocycles. The van der Waals surface area contributed by atoms with Crippen molar-refractivity contribution in [3.63, 3.8) is 0 Å². The molecule has 0 rings (SSSR count). The van der Waals surface area contributed by atoms with Crippen LogP contribution >= 0.6 is 0 Å². The number of aliphatic hydroxyl groups is 3. The number of hydrogen-bond donors (Lipinski definition) is 3. The van der Waals surface area contributed by atoms with E-state index in [2.05, 4.69) is 26.8 Å². The summed E-state index contributed by atoms with van der Waals surface area (Å²) >= 11 is 0. The van der Waals surface area contributed by atoms with Crippen molar-refractivity contribution in [2.24, 2.45) is 5.92 Å². The lowest BCUT2D eigenvalue weighted by Gasteiger charge is -2.16. The predicted octanol–water partition coefficient (Wildman–Crippen LogP) is 10.7. The lowest BCUT2D eigenvalue weighted by atomic mass is 9.99. The Bertz CT molecular complexity index is 755. The second-order valence-electron chi connectivity index (χ2n) is 14.7. The molecule has 0 bridgehead atoms. The third-order valence-corrected chi connectivity index (χ3v) is 9.74. The molecule has 0 radical (unpaired) electrons. The van der Waals surface area contributed by atoms with Crippen LogP contribution in [0.25, 0.3) is 0 Å². The predicted molar refractivity (Wildman–Crippen MR) is 203 cm³/mol. The zero-order valence-corrected chi connectivity index (χ0v) is 32.4. The minimum atomic E-state index is -1.01. The van der Waals surface area contributed by atoms with Gasteiger partial charge in [0.25, 0.3) is 0 Å². The third-order valence-electron chi connectivity index (χ3n) is 9.74. The average Bonchev–Trinajstić information content (AvgIpc) is 3.10. The van der Waals surface area contributed by atoms with Gasteiger partial charge in [-0.2, -0.15) is 0 Å². The van der Waals surface area contributed by atoms with Gasteiger partial charge in [-0.15, -0.1) is 0 Å². The number of aliphatic hydroxyl groups excluding tert-OH is 3. The highest BCUT2D eigenvalue weighted by Crippen LogP contribution is 2.17. The first-order valence-electron chi connectivity index (χ1n) is 20.8. The fourth-order valence-corrected chi connectivity index (χ4v) is 6.03. The van der Waals surface area contributed by atoms with Crippen molar-refractivity contribution in [3.05, 3.63) is 12.2 Å². The Morgan fingerprint density at radius 1 is 0.531 bits per heavy atom. The molecule has 0 aliphatic carbocycles. The first-order valence-corrected chi connectivity index (χ1v) is 20.8. The van der Waals surface area contributed by atoms with Gasteiger partial charge in [0.05, 0.1) is 12.2 Å². The molecule has 49 heavy (non-hydrogen) atoms. The van der Waals surface area contributed by atoms with E-state index in [0.717, 1.165) is 57.3 Å². The molecule has 4 atom stereocenters. The van der Waals surface area contributed by atoms with Gasteiger partial charge in [-0.1, -0.05) is 168 Å². The van der Waals surface area contributed by atoms with E-state index in [0.29, 0.717) is 25.7 Å². The highest BCUT2D eigenvalue weighted by molar-refractivity contribution is 5.69. The highest BCUT2D eigenvalue weighted by Gasteiger charge is 2.15. The van der Waals surface area contributed by atoms with Gasteiger partial charge in [-0.3, -0.25) is 9.59 Å². The van der Waals surface area contributed by atoms with Crippen molar-refractivity contribution in [3.8, 4) is 0 Å². The van der Waals surface area contributed by atoms with E-state index in [4.69, 9.17) is 9.47 Å². The molecule has 0 saturated carbocycles. The first-order chi connectivity index (χ1) is 23.8. The van der Waals surface area contributed by atoms with E-state index in [1.165, 1.54) is 103 Å². The molecule has 7 nitrogen and oxygen atoms in total. The maximum Gasteiger partial charge on any atom is 0.305 e. The van der Waals surface area contributed by atoms with Crippen LogP contribution in [0.3, 0.4) is 0 Å². The number of carbonyl (C=O) groups excluding carboxylic acids is 2. The van der Waals surface area contributed by atoms with Crippen LogP contribution in [0.1, 0.15) is 207 Å². The fourth-order valence-electron chi connectivity index (χ4n) is 6.03. The Morgan fingerprint density at radius 3 is 1.41 bits per heavy atom. The van der Waals surface area contributed by atoms with Crippen LogP contribution in [0.15, 0.2) is 12.2 Å². The van der Waals surface area contributed by atoms with Crippen LogP contribution in [0.5, 0.6) is 0 Å². The van der Waals surface area contributed by atoms with Crippen molar-refractivity contribution in [1.29, 1.82) is 0 Å². The fraction of sp³-hybridized carbons (Fsp3) is 0.905. The summed E-state index contributed by atoms with van der Waals surface area (Å²) in [6.07, 6.45) is 32.9. The SMILES string of the molecule is CCCCC/C=C\C[C@@H](O)[C@H](O)CCCCCCCC(=O)OC[C@@H](O)COC(=O)CCCCCCCCCCCCCCCCC(C)CC. The molecule has 7 heteroatoms. The molecule has 1 unspecified atom stereocenters. The molecule has 0 amide bonds. The maximum atomic E-state index is 12.0. The summed E-state index contributed by atoms with van der Waals surface area (Å²) in [5, 5.41) is 30.3. The molecule has 3 N–H and O–H groups in total. The number of rotatable bonds is 37. The van der Waals surface area contributed by atoms with Gasteiger partial charge < -0.3 is 24.8 Å². The summed E-state index contributed by atoms with van der Waals surface area (Å²) in [6.45, 7) is 6.51. The molecule has 0 aliphatic rings. The van der Waals surface area contributed by atoms with Crippen LogP contribution < -0.4 is 0 Å². The van der Waals surface area contributed by atoms with Crippen LogP contribution in [-0.4, -0.2) is 58.8 Å². The Morgan fingerprint density at radius 2 is 0.959 bits per heavy atom. The quantitative estimate of drug-likeness (QED) is 0.0336. The summed E-state index contributed by atoms with van der Waals surface area (Å²) in [5.74, 6) is 0.230. The van der Waals surface area contributed by atoms with E-state index in [1.807, 2.05) is 6.08 Å². The van der Waals surface area contributed by atoms with Gasteiger partial charge in [0.15, 0.2) is 0 Å². The van der Waals surface area contributed by atoms with Gasteiger partial charge >= 0.3 is 11.9 Å². The van der Waals surface area contributed by atoms with E-state index in [1.54, 1.807) is 0 Å². The van der Waals surface area contributed by atoms with E-state index < -0.39 is 18.3 Å². The zero-order valence-electron chi connectivity index (χ0n) is 32.4. The maximum absolute atomic E-state index is 12.0. The summed E-state index contributed by atoms with van der Waals surface area (Å²) in [4.78, 5) is 24.0. The average molecular weight is 697 g/mol. The number of esters is 2. The monoisotopic (exact) mass is 697 g/mol. The standard InChI is InChI=1S/C42H80O7/c1-4-6-7-8-21-26-31-39(44)40(45)32-27-22-19-24-29-34-42(47)49-36-38(43)35-48-41(46)33-28-23-18-16-14-12-10-9-11-13-15-17-20-25-30-37(3)5-2/h21,26,37-40,43-45H,4-20,22-25,27-36H2,1-3H3/b26-21-/t37?,38-,39+,40+/m0/s1. The van der Waals surface area contributed by atoms with Crippen molar-refractivity contribution in [2.45, 2.75) is 225 Å². The lowest BCUT2D eigenvalue weighted by molar-refractivity contribution is -0.152. The molecule has 0 spiro atoms. The molecule has 0 fully saturated rings. The van der Waals surface area contributed by atoms with Gasteiger partial charge in [-0.25, -0.2) is 0 Å². The van der Waals surface area contributed by atoms with E-state index >= 15 is 0 Å². The third kappa shape index (κ3) is 34.8. The number of allylic oxidation sites excluding steroid dienone is 1. The van der Waals surface area contributed by atoms with Crippen LogP contribution in [0.4, 0.5) is 0 Å². The first kappa shape index (κ1) is 47.6. The second-order valence-corrected chi connectivity index (χ2v) is 14.7. The normalized spacial score (nSPS) is 14.2. The number of ether oxygens (including phenoxy) is 2. The Kier molecular flexibility index (Phi) is 35.3. The zero-order chi connectivity index (χ0) is 36.2. The smallest absolute Gasteiger partial charge is 0.305 e. The number of hydrogen-bond acceptors (Lipinski definition) is 7. The lowest BCUT2D eigenvalue weighted by Crippen LogP contribution is -2.25. The molecule has 0 aromatic carbocycles. The molecule has 0 aromatic heterocycles. The van der Waals surface area contributed by atoms with Crippen molar-refractivity contribution in [1.82, 2.24) is 0 Å². The number of unbranched alkanes of at least 4 members (excludes halogenated alkanes) is 20. The van der Waals surface area contributed by atoms with Crippen LogP contribution in [0, 0.1) is 5.92 Å². The van der Waals surface area contributed by atoms with Crippen LogP contribution in [0.2, 0.25) is 0 Å². The summed E-state index contributed by atoms with van der Waals surface area (Å²) in [5.41, 5.74) is 0. The van der Waals surface area contributed by atoms with Crippen LogP contribution in [-0.2, 0) is 19.1 Å². The Labute approximate surface area is 302 Å². The summed E-state index contributed by atoms with van der Waals surface area (Å²) < 4.78 is 10.3. The minimum Gasteiger partial charge on any atom is -0.463 e. The second kappa shape index (κ2) is 36.4. The molecule has 0 heterocycles. The molecular formula is C42H80O7. The Balaban J connectivity index is 3.52. The van der Waals surface area contributed by atoms with Gasteiger partial charge in [0.2, 0.25) is 0 Å². The summed E-state index contributed by atoms with van der Waals surface area (Å²) in [6, 6.07) is 0. The largest absolute Gasteiger partial charge is 0.463 e. The van der Waals surface area contributed by atoms with Gasteiger partial charge in [0.1, 0.15) is 19.3 Å². The molecule has 0 aromatic rings. The van der Waals surface area contributed by atoms with E-state index in [-0.39, 0.29) is 31.6 Å². The van der Waals surface area contributed by atoms with Gasteiger partial charge in [-0.05, 0) is 44.4 Å². The molecule has 0 saturated heterocycles. The molecule has 290 valence electrons. The highest BCUT2D eigenvalue weighted by atomic mass is 16.6. The number of carbonyl (C=O) groups is 2. The van der Waals surface area contributed by atoms with E-state index in [9.17, 15) is 24.9 Å². The Hall–Kier alpha value is -1.44.